The molecule has 0 fully saturated rings. The number of hydrogen-bond acceptors (Lipinski definition) is 3. The molecule has 1 amide bonds. The van der Waals surface area contributed by atoms with Crippen LogP contribution in [-0.4, -0.2) is 56.5 Å². The van der Waals surface area contributed by atoms with Gasteiger partial charge in [0.15, 0.2) is 0 Å². The predicted molar refractivity (Wildman–Crippen MR) is 87.2 cm³/mol. The molecule has 0 atom stereocenters. The predicted octanol–water partition coefficient (Wildman–Crippen LogP) is 1.33. The van der Waals surface area contributed by atoms with Crippen LogP contribution in [0.4, 0.5) is 0 Å². The van der Waals surface area contributed by atoms with E-state index < -0.39 is 0 Å². The van der Waals surface area contributed by atoms with Crippen LogP contribution in [0.2, 0.25) is 0 Å². The molecule has 1 aromatic rings. The third kappa shape index (κ3) is 5.22. The van der Waals surface area contributed by atoms with E-state index in [0.29, 0.717) is 12.1 Å². The summed E-state index contributed by atoms with van der Waals surface area (Å²) in [5.74, 6) is 5.89. The number of carbonyl (C=O) groups excluding carboxylic acids is 1. The molecular formula is C17H25N3O. The quantitative estimate of drug-likeness (QED) is 0.831. The minimum atomic E-state index is 0.0441. The maximum atomic E-state index is 12.5. The first kappa shape index (κ1) is 17.2. The Hall–Kier alpha value is -1.83. The molecule has 0 saturated carbocycles. The Bertz CT molecular complexity index is 541. The second-order valence-electron chi connectivity index (χ2n) is 5.37. The fourth-order valence-electron chi connectivity index (χ4n) is 2.08. The highest BCUT2D eigenvalue weighted by molar-refractivity contribution is 5.96. The van der Waals surface area contributed by atoms with Gasteiger partial charge in [-0.15, -0.1) is 0 Å². The molecule has 0 spiro atoms. The first-order valence-electron chi connectivity index (χ1n) is 7.16. The highest BCUT2D eigenvalue weighted by atomic mass is 16.2. The van der Waals surface area contributed by atoms with Crippen molar-refractivity contribution < 1.29 is 4.79 Å². The Morgan fingerprint density at radius 3 is 2.57 bits per heavy atom. The summed E-state index contributed by atoms with van der Waals surface area (Å²) >= 11 is 0. The fourth-order valence-corrected chi connectivity index (χ4v) is 2.08. The zero-order valence-corrected chi connectivity index (χ0v) is 13.4. The van der Waals surface area contributed by atoms with Gasteiger partial charge >= 0.3 is 0 Å². The smallest absolute Gasteiger partial charge is 0.253 e. The largest absolute Gasteiger partial charge is 0.342 e. The van der Waals surface area contributed by atoms with E-state index in [1.807, 2.05) is 46.3 Å². The third-order valence-electron chi connectivity index (χ3n) is 3.33. The molecule has 0 aromatic heterocycles. The second-order valence-corrected chi connectivity index (χ2v) is 5.37. The van der Waals surface area contributed by atoms with E-state index in [-0.39, 0.29) is 5.91 Å². The van der Waals surface area contributed by atoms with Crippen LogP contribution in [0.25, 0.3) is 0 Å². The van der Waals surface area contributed by atoms with Gasteiger partial charge in [0.25, 0.3) is 5.91 Å². The highest BCUT2D eigenvalue weighted by Crippen LogP contribution is 2.15. The normalized spacial score (nSPS) is 10.2. The van der Waals surface area contributed by atoms with Crippen LogP contribution in [0.5, 0.6) is 0 Å². The molecule has 114 valence electrons. The minimum absolute atomic E-state index is 0.0441. The molecule has 0 saturated heterocycles. The lowest BCUT2D eigenvalue weighted by Gasteiger charge is -2.20. The molecule has 0 aliphatic rings. The monoisotopic (exact) mass is 287 g/mol. The summed E-state index contributed by atoms with van der Waals surface area (Å²) in [5, 5.41) is 0. The zero-order valence-electron chi connectivity index (χ0n) is 13.4. The van der Waals surface area contributed by atoms with Crippen LogP contribution in [0.3, 0.4) is 0 Å². The number of nitrogens with zero attached hydrogens (tertiary/aromatic N) is 2. The van der Waals surface area contributed by atoms with Crippen molar-refractivity contribution in [2.75, 3.05) is 40.8 Å². The van der Waals surface area contributed by atoms with Crippen LogP contribution in [0.15, 0.2) is 18.2 Å². The average molecular weight is 287 g/mol. The summed E-state index contributed by atoms with van der Waals surface area (Å²) in [4.78, 5) is 16.4. The standard InChI is InChI=1S/C17H25N3O/c1-14-15(9-6-11-18)8-5-10-16(14)17(21)20(4)13-7-12-19(2)3/h5,8,10H,7,11-13,18H2,1-4H3. The Kier molecular flexibility index (Phi) is 6.93. The highest BCUT2D eigenvalue weighted by Gasteiger charge is 2.15. The minimum Gasteiger partial charge on any atom is -0.342 e. The van der Waals surface area contributed by atoms with Crippen molar-refractivity contribution in [3.05, 3.63) is 34.9 Å². The van der Waals surface area contributed by atoms with E-state index in [0.717, 1.165) is 30.6 Å². The molecule has 0 aliphatic heterocycles. The van der Waals surface area contributed by atoms with E-state index in [2.05, 4.69) is 16.7 Å². The SMILES string of the molecule is Cc1c(C#CCN)cccc1C(=O)N(C)CCCN(C)C. The molecule has 1 aromatic carbocycles. The van der Waals surface area contributed by atoms with Crippen LogP contribution in [-0.2, 0) is 0 Å². The Morgan fingerprint density at radius 2 is 1.95 bits per heavy atom. The zero-order chi connectivity index (χ0) is 15.8. The van der Waals surface area contributed by atoms with Crippen molar-refractivity contribution in [1.82, 2.24) is 9.80 Å². The molecular weight excluding hydrogens is 262 g/mol. The van der Waals surface area contributed by atoms with Crippen molar-refractivity contribution in [3.63, 3.8) is 0 Å². The Labute approximate surface area is 127 Å². The third-order valence-corrected chi connectivity index (χ3v) is 3.33. The summed E-state index contributed by atoms with van der Waals surface area (Å²) in [6, 6.07) is 5.64. The van der Waals surface area contributed by atoms with Crippen molar-refractivity contribution >= 4 is 5.91 Å². The summed E-state index contributed by atoms with van der Waals surface area (Å²) < 4.78 is 0. The molecule has 2 N–H and O–H groups in total. The maximum Gasteiger partial charge on any atom is 0.253 e. The van der Waals surface area contributed by atoms with E-state index in [1.54, 1.807) is 4.90 Å². The van der Waals surface area contributed by atoms with Crippen molar-refractivity contribution in [1.29, 1.82) is 0 Å². The maximum absolute atomic E-state index is 12.5. The lowest BCUT2D eigenvalue weighted by Crippen LogP contribution is -2.30. The molecule has 4 nitrogen and oxygen atoms in total. The number of benzene rings is 1. The van der Waals surface area contributed by atoms with Crippen LogP contribution >= 0.6 is 0 Å². The lowest BCUT2D eigenvalue weighted by molar-refractivity contribution is 0.0790. The van der Waals surface area contributed by atoms with E-state index in [1.165, 1.54) is 0 Å². The first-order chi connectivity index (χ1) is 9.97. The summed E-state index contributed by atoms with van der Waals surface area (Å²) in [5.41, 5.74) is 7.90. The van der Waals surface area contributed by atoms with Gasteiger partial charge in [0.05, 0.1) is 6.54 Å². The number of nitrogens with two attached hydrogens (primary N) is 1. The molecule has 4 heteroatoms. The first-order valence-corrected chi connectivity index (χ1v) is 7.16. The van der Waals surface area contributed by atoms with Gasteiger partial charge < -0.3 is 15.5 Å². The molecule has 0 aliphatic carbocycles. The van der Waals surface area contributed by atoms with Crippen molar-refractivity contribution in [2.24, 2.45) is 5.73 Å². The number of hydrogen-bond donors (Lipinski definition) is 1. The van der Waals surface area contributed by atoms with Crippen LogP contribution in [0.1, 0.15) is 27.9 Å². The van der Waals surface area contributed by atoms with E-state index in [4.69, 9.17) is 5.73 Å². The van der Waals surface area contributed by atoms with Gasteiger partial charge in [-0.2, -0.15) is 0 Å². The van der Waals surface area contributed by atoms with E-state index in [9.17, 15) is 4.79 Å². The fraction of sp³-hybridized carbons (Fsp3) is 0.471. The molecule has 0 heterocycles. The summed E-state index contributed by atoms with van der Waals surface area (Å²) in [6.07, 6.45) is 0.959. The van der Waals surface area contributed by atoms with Gasteiger partial charge in [0.1, 0.15) is 0 Å². The molecule has 21 heavy (non-hydrogen) atoms. The average Bonchev–Trinajstić information content (AvgIpc) is 2.45. The second kappa shape index (κ2) is 8.46. The van der Waals surface area contributed by atoms with Gasteiger partial charge in [-0.25, -0.2) is 0 Å². The van der Waals surface area contributed by atoms with Gasteiger partial charge in [-0.05, 0) is 51.7 Å². The lowest BCUT2D eigenvalue weighted by atomic mass is 10.0. The van der Waals surface area contributed by atoms with Gasteiger partial charge in [-0.1, -0.05) is 17.9 Å². The summed E-state index contributed by atoms with van der Waals surface area (Å²) in [6.45, 7) is 3.97. The van der Waals surface area contributed by atoms with E-state index >= 15 is 0 Å². The van der Waals surface area contributed by atoms with Crippen molar-refractivity contribution in [2.45, 2.75) is 13.3 Å². The number of amides is 1. The van der Waals surface area contributed by atoms with Crippen LogP contribution in [0, 0.1) is 18.8 Å². The number of rotatable bonds is 5. The van der Waals surface area contributed by atoms with Gasteiger partial charge in [-0.3, -0.25) is 4.79 Å². The van der Waals surface area contributed by atoms with Crippen LogP contribution < -0.4 is 5.73 Å². The Balaban J connectivity index is 2.82. The summed E-state index contributed by atoms with van der Waals surface area (Å²) in [7, 11) is 5.91. The molecule has 0 unspecified atom stereocenters. The van der Waals surface area contributed by atoms with Gasteiger partial charge in [0, 0.05) is 24.7 Å². The van der Waals surface area contributed by atoms with Crippen molar-refractivity contribution in [3.8, 4) is 11.8 Å². The molecule has 0 radical (unpaired) electrons. The van der Waals surface area contributed by atoms with Gasteiger partial charge in [0.2, 0.25) is 0 Å². The topological polar surface area (TPSA) is 49.6 Å². The number of carbonyl (C=O) groups is 1. The molecule has 1 rings (SSSR count). The Morgan fingerprint density at radius 1 is 1.24 bits per heavy atom. The molecule has 0 bridgehead atoms.